The molecule has 0 bridgehead atoms. The van der Waals surface area contributed by atoms with Crippen LogP contribution in [0, 0.1) is 0 Å². The second kappa shape index (κ2) is 11.2. The maximum Gasteiger partial charge on any atom is 0.233 e. The van der Waals surface area contributed by atoms with E-state index in [1.807, 2.05) is 30.3 Å². The average molecular weight is 490 g/mol. The molecule has 3 aromatic rings. The van der Waals surface area contributed by atoms with Crippen LogP contribution in [-0.4, -0.2) is 69.4 Å². The third kappa shape index (κ3) is 5.58. The van der Waals surface area contributed by atoms with Crippen molar-refractivity contribution in [2.75, 3.05) is 58.5 Å². The third-order valence-electron chi connectivity index (χ3n) is 5.69. The molecule has 0 spiro atoms. The molecule has 0 saturated carbocycles. The van der Waals surface area contributed by atoms with Crippen molar-refractivity contribution in [3.63, 3.8) is 0 Å². The van der Waals surface area contributed by atoms with Crippen LogP contribution in [0.25, 0.3) is 10.2 Å². The van der Waals surface area contributed by atoms with E-state index in [2.05, 4.69) is 4.90 Å². The van der Waals surface area contributed by atoms with Crippen LogP contribution in [0.3, 0.4) is 0 Å². The lowest BCUT2D eigenvalue weighted by Crippen LogP contribution is -2.39. The number of benzene rings is 2. The minimum atomic E-state index is -0.0398. The Morgan fingerprint density at radius 3 is 2.61 bits per heavy atom. The number of nitrogens with zero attached hydrogens (tertiary/aromatic N) is 3. The molecule has 0 N–H and O–H groups in total. The van der Waals surface area contributed by atoms with Crippen LogP contribution < -0.4 is 14.4 Å². The minimum Gasteiger partial charge on any atom is -0.495 e. The molecule has 0 aliphatic carbocycles. The van der Waals surface area contributed by atoms with E-state index in [4.69, 9.17) is 30.8 Å². The van der Waals surface area contributed by atoms with Gasteiger partial charge in [-0.15, -0.1) is 0 Å². The Bertz CT molecular complexity index is 1060. The summed E-state index contributed by atoms with van der Waals surface area (Å²) in [6.45, 7) is 4.81. The number of fused-ring (bicyclic) bond motifs is 1. The average Bonchev–Trinajstić information content (AvgIpc) is 3.28. The summed E-state index contributed by atoms with van der Waals surface area (Å²) >= 11 is 7.77. The largest absolute Gasteiger partial charge is 0.495 e. The molecule has 176 valence electrons. The van der Waals surface area contributed by atoms with Gasteiger partial charge in [-0.1, -0.05) is 41.1 Å². The molecule has 1 aromatic heterocycles. The first-order valence-electron chi connectivity index (χ1n) is 11.0. The van der Waals surface area contributed by atoms with Crippen molar-refractivity contribution in [2.45, 2.75) is 12.8 Å². The fourth-order valence-corrected chi connectivity index (χ4v) is 5.21. The quantitative estimate of drug-likeness (QED) is 0.447. The summed E-state index contributed by atoms with van der Waals surface area (Å²) in [6, 6.07) is 11.1. The van der Waals surface area contributed by atoms with E-state index < -0.39 is 0 Å². The highest BCUT2D eigenvalue weighted by Crippen LogP contribution is 2.40. The summed E-state index contributed by atoms with van der Waals surface area (Å²) in [5, 5.41) is 1.22. The standard InChI is InChI=1S/C24H28ClN3O4S/c1-30-19-8-9-20(31-2)23-22(19)26-24(33-23)28(11-5-10-27-12-14-32-15-13-27)21(29)16-17-6-3-4-7-18(17)25/h3-4,6-9H,5,10-16H2,1-2H3. The number of carbonyl (C=O) groups is 1. The molecule has 1 saturated heterocycles. The van der Waals surface area contributed by atoms with Gasteiger partial charge in [0.1, 0.15) is 21.7 Å². The molecule has 2 aromatic carbocycles. The second-order valence-corrected chi connectivity index (χ2v) is 9.15. The molecule has 1 amide bonds. The van der Waals surface area contributed by atoms with Crippen molar-refractivity contribution in [3.8, 4) is 11.5 Å². The van der Waals surface area contributed by atoms with Gasteiger partial charge < -0.3 is 14.2 Å². The topological polar surface area (TPSA) is 64.1 Å². The number of rotatable bonds is 9. The van der Waals surface area contributed by atoms with E-state index in [0.717, 1.165) is 49.5 Å². The zero-order valence-electron chi connectivity index (χ0n) is 18.9. The van der Waals surface area contributed by atoms with Gasteiger partial charge in [0.15, 0.2) is 5.13 Å². The smallest absolute Gasteiger partial charge is 0.233 e. The molecule has 9 heteroatoms. The predicted molar refractivity (Wildman–Crippen MR) is 132 cm³/mol. The van der Waals surface area contributed by atoms with Gasteiger partial charge in [-0.3, -0.25) is 14.6 Å². The molecule has 0 atom stereocenters. The van der Waals surface area contributed by atoms with Gasteiger partial charge in [0.25, 0.3) is 0 Å². The number of hydrogen-bond donors (Lipinski definition) is 0. The summed E-state index contributed by atoms with van der Waals surface area (Å²) < 4.78 is 17.3. The lowest BCUT2D eigenvalue weighted by molar-refractivity contribution is -0.118. The van der Waals surface area contributed by atoms with Crippen molar-refractivity contribution in [3.05, 3.63) is 47.0 Å². The highest BCUT2D eigenvalue weighted by Gasteiger charge is 2.23. The van der Waals surface area contributed by atoms with Crippen LogP contribution in [0.4, 0.5) is 5.13 Å². The first-order valence-corrected chi connectivity index (χ1v) is 12.2. The van der Waals surface area contributed by atoms with Gasteiger partial charge in [-0.2, -0.15) is 0 Å². The third-order valence-corrected chi connectivity index (χ3v) is 7.15. The van der Waals surface area contributed by atoms with Gasteiger partial charge in [0, 0.05) is 31.2 Å². The maximum absolute atomic E-state index is 13.5. The van der Waals surface area contributed by atoms with Crippen LogP contribution in [0.2, 0.25) is 5.02 Å². The molecule has 1 aliphatic heterocycles. The number of aromatic nitrogens is 1. The van der Waals surface area contributed by atoms with Crippen molar-refractivity contribution in [2.24, 2.45) is 0 Å². The monoisotopic (exact) mass is 489 g/mol. The number of ether oxygens (including phenoxy) is 3. The fraction of sp³-hybridized carbons (Fsp3) is 0.417. The highest BCUT2D eigenvalue weighted by molar-refractivity contribution is 7.22. The zero-order chi connectivity index (χ0) is 23.2. The molecule has 0 unspecified atom stereocenters. The van der Waals surface area contributed by atoms with Gasteiger partial charge >= 0.3 is 0 Å². The van der Waals surface area contributed by atoms with Crippen molar-refractivity contribution >= 4 is 44.2 Å². The summed E-state index contributed by atoms with van der Waals surface area (Å²) in [7, 11) is 3.24. The molecular formula is C24H28ClN3O4S. The summed E-state index contributed by atoms with van der Waals surface area (Å²) in [6.07, 6.45) is 1.04. The molecule has 1 fully saturated rings. The van der Waals surface area contributed by atoms with Crippen LogP contribution in [0.5, 0.6) is 11.5 Å². The summed E-state index contributed by atoms with van der Waals surface area (Å²) in [5.74, 6) is 1.32. The van der Waals surface area contributed by atoms with E-state index in [1.165, 1.54) is 11.3 Å². The van der Waals surface area contributed by atoms with E-state index in [1.54, 1.807) is 25.2 Å². The van der Waals surface area contributed by atoms with Crippen LogP contribution in [0.1, 0.15) is 12.0 Å². The Kier molecular flexibility index (Phi) is 8.03. The Hall–Kier alpha value is -2.39. The van der Waals surface area contributed by atoms with Gasteiger partial charge in [-0.05, 0) is 30.2 Å². The molecule has 2 heterocycles. The number of hydrogen-bond acceptors (Lipinski definition) is 7. The Morgan fingerprint density at radius 2 is 1.88 bits per heavy atom. The number of thiazole rings is 1. The van der Waals surface area contributed by atoms with Gasteiger partial charge in [-0.25, -0.2) is 4.98 Å². The minimum absolute atomic E-state index is 0.0398. The van der Waals surface area contributed by atoms with Crippen molar-refractivity contribution in [1.29, 1.82) is 0 Å². The Morgan fingerprint density at radius 1 is 1.15 bits per heavy atom. The molecule has 0 radical (unpaired) electrons. The molecule has 4 rings (SSSR count). The summed E-state index contributed by atoms with van der Waals surface area (Å²) in [5.41, 5.74) is 1.50. The Labute approximate surface area is 202 Å². The van der Waals surface area contributed by atoms with E-state index in [-0.39, 0.29) is 12.3 Å². The predicted octanol–water partition coefficient (Wildman–Crippen LogP) is 4.26. The lowest BCUT2D eigenvalue weighted by Gasteiger charge is -2.27. The van der Waals surface area contributed by atoms with Gasteiger partial charge in [0.05, 0.1) is 33.9 Å². The van der Waals surface area contributed by atoms with Crippen molar-refractivity contribution in [1.82, 2.24) is 9.88 Å². The first kappa shape index (κ1) is 23.8. The first-order chi connectivity index (χ1) is 16.1. The number of morpholine rings is 1. The Balaban J connectivity index is 1.61. The van der Waals surface area contributed by atoms with Gasteiger partial charge in [0.2, 0.25) is 5.91 Å². The van der Waals surface area contributed by atoms with E-state index >= 15 is 0 Å². The molecular weight excluding hydrogens is 462 g/mol. The normalized spacial score (nSPS) is 14.4. The number of halogens is 1. The van der Waals surface area contributed by atoms with Crippen LogP contribution in [0.15, 0.2) is 36.4 Å². The summed E-state index contributed by atoms with van der Waals surface area (Å²) in [4.78, 5) is 22.4. The number of amides is 1. The number of anilines is 1. The van der Waals surface area contributed by atoms with E-state index in [9.17, 15) is 4.79 Å². The maximum atomic E-state index is 13.5. The second-order valence-electron chi connectivity index (χ2n) is 7.77. The SMILES string of the molecule is COc1ccc(OC)c2sc(N(CCCN3CCOCC3)C(=O)Cc3ccccc3Cl)nc12. The van der Waals surface area contributed by atoms with Crippen molar-refractivity contribution < 1.29 is 19.0 Å². The van der Waals surface area contributed by atoms with Crippen LogP contribution in [-0.2, 0) is 16.0 Å². The lowest BCUT2D eigenvalue weighted by atomic mass is 10.1. The zero-order valence-corrected chi connectivity index (χ0v) is 20.5. The fourth-order valence-electron chi connectivity index (χ4n) is 3.89. The highest BCUT2D eigenvalue weighted by atomic mass is 35.5. The molecule has 7 nitrogen and oxygen atoms in total. The molecule has 1 aliphatic rings. The van der Waals surface area contributed by atoms with Crippen LogP contribution >= 0.6 is 22.9 Å². The number of methoxy groups -OCH3 is 2. The molecule has 33 heavy (non-hydrogen) atoms. The number of carbonyl (C=O) groups excluding carboxylic acids is 1. The van der Waals surface area contributed by atoms with E-state index in [0.29, 0.717) is 33.7 Å².